The average molecular weight is 247 g/mol. The summed E-state index contributed by atoms with van der Waals surface area (Å²) in [6, 6.07) is 8.01. The number of nitrogens with one attached hydrogen (secondary N) is 1. The molecule has 1 aromatic heterocycles. The molecule has 0 unspecified atom stereocenters. The highest BCUT2D eigenvalue weighted by molar-refractivity contribution is 5.57. The van der Waals surface area contributed by atoms with E-state index >= 15 is 0 Å². The van der Waals surface area contributed by atoms with Crippen LogP contribution >= 0.6 is 0 Å². The summed E-state index contributed by atoms with van der Waals surface area (Å²) in [6.45, 7) is 5.04. The Morgan fingerprint density at radius 3 is 2.94 bits per heavy atom. The minimum absolute atomic E-state index is 0.446. The summed E-state index contributed by atoms with van der Waals surface area (Å²) in [5, 5.41) is 7.03. The van der Waals surface area contributed by atoms with Crippen LogP contribution in [0.15, 0.2) is 28.8 Å². The Labute approximate surface area is 106 Å². The Balaban J connectivity index is 2.13. The normalized spacial score (nSPS) is 10.7. The van der Waals surface area contributed by atoms with E-state index in [1.54, 1.807) is 7.11 Å². The Bertz CT molecular complexity index is 508. The van der Waals surface area contributed by atoms with Gasteiger partial charge in [-0.25, -0.2) is 0 Å². The first-order chi connectivity index (χ1) is 8.69. The van der Waals surface area contributed by atoms with Crippen molar-refractivity contribution in [3.05, 3.63) is 24.3 Å². The van der Waals surface area contributed by atoms with Gasteiger partial charge in [0.2, 0.25) is 5.82 Å². The Kier molecular flexibility index (Phi) is 3.82. The van der Waals surface area contributed by atoms with Gasteiger partial charge in [-0.2, -0.15) is 4.98 Å². The van der Waals surface area contributed by atoms with Gasteiger partial charge in [-0.05, 0) is 18.1 Å². The summed E-state index contributed by atoms with van der Waals surface area (Å²) in [5.74, 6) is 1.85. The SMILES string of the molecule is COc1cccc(-c2noc(NCC(C)C)n2)c1. The molecule has 0 aliphatic carbocycles. The van der Waals surface area contributed by atoms with Crippen LogP contribution in [-0.4, -0.2) is 23.8 Å². The van der Waals surface area contributed by atoms with Crippen molar-refractivity contribution in [3.63, 3.8) is 0 Å². The van der Waals surface area contributed by atoms with Crippen molar-refractivity contribution in [3.8, 4) is 17.1 Å². The fourth-order valence-electron chi connectivity index (χ4n) is 1.47. The van der Waals surface area contributed by atoms with E-state index in [1.165, 1.54) is 0 Å². The van der Waals surface area contributed by atoms with Crippen molar-refractivity contribution in [2.24, 2.45) is 5.92 Å². The van der Waals surface area contributed by atoms with Crippen LogP contribution in [-0.2, 0) is 0 Å². The van der Waals surface area contributed by atoms with Crippen LogP contribution in [0.3, 0.4) is 0 Å². The van der Waals surface area contributed by atoms with Crippen LogP contribution < -0.4 is 10.1 Å². The van der Waals surface area contributed by atoms with E-state index in [0.717, 1.165) is 17.9 Å². The molecule has 1 heterocycles. The number of hydrogen-bond acceptors (Lipinski definition) is 5. The smallest absolute Gasteiger partial charge is 0.321 e. The van der Waals surface area contributed by atoms with Crippen LogP contribution in [0, 0.1) is 5.92 Å². The quantitative estimate of drug-likeness (QED) is 0.880. The highest BCUT2D eigenvalue weighted by Gasteiger charge is 2.09. The molecule has 18 heavy (non-hydrogen) atoms. The lowest BCUT2D eigenvalue weighted by Crippen LogP contribution is -2.07. The second-order valence-electron chi connectivity index (χ2n) is 4.43. The minimum Gasteiger partial charge on any atom is -0.497 e. The van der Waals surface area contributed by atoms with E-state index in [2.05, 4.69) is 29.3 Å². The van der Waals surface area contributed by atoms with Gasteiger partial charge in [0, 0.05) is 12.1 Å². The van der Waals surface area contributed by atoms with Gasteiger partial charge in [-0.15, -0.1) is 0 Å². The number of aromatic nitrogens is 2. The van der Waals surface area contributed by atoms with Crippen LogP contribution in [0.1, 0.15) is 13.8 Å². The molecule has 0 saturated carbocycles. The summed E-state index contributed by atoms with van der Waals surface area (Å²) in [6.07, 6.45) is 0. The molecule has 5 heteroatoms. The van der Waals surface area contributed by atoms with Crippen molar-refractivity contribution in [2.45, 2.75) is 13.8 Å². The summed E-state index contributed by atoms with van der Waals surface area (Å²) < 4.78 is 10.3. The van der Waals surface area contributed by atoms with Crippen LogP contribution in [0.2, 0.25) is 0 Å². The van der Waals surface area contributed by atoms with Gasteiger partial charge >= 0.3 is 6.01 Å². The standard InChI is InChI=1S/C13H17N3O2/c1-9(2)8-14-13-15-12(16-18-13)10-5-4-6-11(7-10)17-3/h4-7,9H,8H2,1-3H3,(H,14,15,16). The molecule has 0 fully saturated rings. The van der Waals surface area contributed by atoms with Gasteiger partial charge in [-0.3, -0.25) is 0 Å². The molecule has 2 rings (SSSR count). The lowest BCUT2D eigenvalue weighted by atomic mass is 10.2. The third-order valence-electron chi connectivity index (χ3n) is 2.42. The molecule has 0 aliphatic rings. The Hall–Kier alpha value is -2.04. The van der Waals surface area contributed by atoms with Gasteiger partial charge in [0.05, 0.1) is 7.11 Å². The molecule has 1 aromatic carbocycles. The largest absolute Gasteiger partial charge is 0.497 e. The molecule has 0 bridgehead atoms. The lowest BCUT2D eigenvalue weighted by Gasteiger charge is -2.02. The maximum Gasteiger partial charge on any atom is 0.321 e. The molecule has 0 aliphatic heterocycles. The molecule has 0 atom stereocenters. The van der Waals surface area contributed by atoms with Gasteiger partial charge in [0.15, 0.2) is 0 Å². The first-order valence-corrected chi connectivity index (χ1v) is 5.91. The molecule has 5 nitrogen and oxygen atoms in total. The highest BCUT2D eigenvalue weighted by Crippen LogP contribution is 2.22. The molecular formula is C13H17N3O2. The fraction of sp³-hybridized carbons (Fsp3) is 0.385. The highest BCUT2D eigenvalue weighted by atomic mass is 16.5. The zero-order chi connectivity index (χ0) is 13.0. The lowest BCUT2D eigenvalue weighted by molar-refractivity contribution is 0.414. The van der Waals surface area contributed by atoms with Crippen molar-refractivity contribution >= 4 is 6.01 Å². The number of ether oxygens (including phenoxy) is 1. The first kappa shape index (κ1) is 12.4. The number of hydrogen-bond donors (Lipinski definition) is 1. The molecule has 96 valence electrons. The number of methoxy groups -OCH3 is 1. The molecular weight excluding hydrogens is 230 g/mol. The first-order valence-electron chi connectivity index (χ1n) is 5.91. The van der Waals surface area contributed by atoms with Crippen molar-refractivity contribution < 1.29 is 9.26 Å². The van der Waals surface area contributed by atoms with E-state index < -0.39 is 0 Å². The summed E-state index contributed by atoms with van der Waals surface area (Å²) in [5.41, 5.74) is 0.871. The van der Waals surface area contributed by atoms with Gasteiger partial charge in [-0.1, -0.05) is 31.1 Å². The van der Waals surface area contributed by atoms with E-state index in [1.807, 2.05) is 24.3 Å². The maximum absolute atomic E-state index is 5.16. The van der Waals surface area contributed by atoms with Crippen LogP contribution in [0.25, 0.3) is 11.4 Å². The van der Waals surface area contributed by atoms with E-state index in [-0.39, 0.29) is 0 Å². The monoisotopic (exact) mass is 247 g/mol. The molecule has 0 radical (unpaired) electrons. The molecule has 0 amide bonds. The molecule has 0 spiro atoms. The average Bonchev–Trinajstić information content (AvgIpc) is 2.85. The van der Waals surface area contributed by atoms with Crippen LogP contribution in [0.4, 0.5) is 6.01 Å². The van der Waals surface area contributed by atoms with E-state index in [9.17, 15) is 0 Å². The second kappa shape index (κ2) is 5.53. The molecule has 0 saturated heterocycles. The maximum atomic E-state index is 5.16. The third kappa shape index (κ3) is 3.00. The topological polar surface area (TPSA) is 60.2 Å². The second-order valence-corrected chi connectivity index (χ2v) is 4.43. The van der Waals surface area contributed by atoms with E-state index in [4.69, 9.17) is 9.26 Å². The van der Waals surface area contributed by atoms with Crippen molar-refractivity contribution in [1.29, 1.82) is 0 Å². The van der Waals surface area contributed by atoms with Crippen molar-refractivity contribution in [2.75, 3.05) is 19.0 Å². The zero-order valence-electron chi connectivity index (χ0n) is 10.8. The zero-order valence-corrected chi connectivity index (χ0v) is 10.8. The Morgan fingerprint density at radius 1 is 1.39 bits per heavy atom. The number of benzene rings is 1. The summed E-state index contributed by atoms with van der Waals surface area (Å²) in [7, 11) is 1.63. The minimum atomic E-state index is 0.446. The summed E-state index contributed by atoms with van der Waals surface area (Å²) >= 11 is 0. The summed E-state index contributed by atoms with van der Waals surface area (Å²) in [4.78, 5) is 4.28. The number of rotatable bonds is 5. The van der Waals surface area contributed by atoms with Crippen LogP contribution in [0.5, 0.6) is 5.75 Å². The number of anilines is 1. The number of nitrogens with zero attached hydrogens (tertiary/aromatic N) is 2. The van der Waals surface area contributed by atoms with E-state index in [0.29, 0.717) is 17.8 Å². The van der Waals surface area contributed by atoms with Gasteiger partial charge in [0.1, 0.15) is 5.75 Å². The van der Waals surface area contributed by atoms with Gasteiger partial charge < -0.3 is 14.6 Å². The van der Waals surface area contributed by atoms with Crippen molar-refractivity contribution in [1.82, 2.24) is 10.1 Å². The third-order valence-corrected chi connectivity index (χ3v) is 2.42. The fourth-order valence-corrected chi connectivity index (χ4v) is 1.47. The molecule has 1 N–H and O–H groups in total. The predicted octanol–water partition coefficient (Wildman–Crippen LogP) is 2.81. The predicted molar refractivity (Wildman–Crippen MR) is 69.6 cm³/mol. The van der Waals surface area contributed by atoms with Gasteiger partial charge in [0.25, 0.3) is 0 Å². The molecule has 2 aromatic rings. The Morgan fingerprint density at radius 2 is 2.22 bits per heavy atom.